The minimum absolute atomic E-state index is 0.164. The van der Waals surface area contributed by atoms with Crippen LogP contribution in [0, 0.1) is 5.92 Å². The molecule has 1 amide bonds. The number of hydrogen-bond donors (Lipinski definition) is 2. The number of para-hydroxylation sites is 1. The fraction of sp³-hybridized carbons (Fsp3) is 0.476. The van der Waals surface area contributed by atoms with Gasteiger partial charge in [0.1, 0.15) is 5.52 Å². The van der Waals surface area contributed by atoms with Crippen LogP contribution in [0.3, 0.4) is 0 Å². The first-order valence-electron chi connectivity index (χ1n) is 9.75. The summed E-state index contributed by atoms with van der Waals surface area (Å²) in [5, 5.41) is 10.1. The Kier molecular flexibility index (Phi) is 4.29. The van der Waals surface area contributed by atoms with Crippen molar-refractivity contribution < 1.29 is 4.79 Å². The van der Waals surface area contributed by atoms with Gasteiger partial charge in [0.15, 0.2) is 5.82 Å². The summed E-state index contributed by atoms with van der Waals surface area (Å²) >= 11 is 0. The van der Waals surface area contributed by atoms with E-state index in [0.717, 1.165) is 53.3 Å². The second-order valence-corrected chi connectivity index (χ2v) is 8.23. The van der Waals surface area contributed by atoms with Gasteiger partial charge in [0.25, 0.3) is 0 Å². The summed E-state index contributed by atoms with van der Waals surface area (Å²) in [4.78, 5) is 16.9. The zero-order valence-electron chi connectivity index (χ0n) is 16.2. The summed E-state index contributed by atoms with van der Waals surface area (Å²) in [6.45, 7) is 7.10. The normalized spacial score (nSPS) is 14.8. The second kappa shape index (κ2) is 6.51. The molecular weight excluding hydrogens is 338 g/mol. The SMILES string of the molecule is CCCn1nc2c(N)nc3ccccc3c2c1CC(C)(C)NC(=O)C1CC1. The molecule has 0 unspecified atom stereocenters. The van der Waals surface area contributed by atoms with Crippen LogP contribution in [0.15, 0.2) is 24.3 Å². The minimum Gasteiger partial charge on any atom is -0.382 e. The number of benzene rings is 1. The minimum atomic E-state index is -0.364. The maximum absolute atomic E-state index is 12.3. The van der Waals surface area contributed by atoms with Gasteiger partial charge in [0, 0.05) is 40.9 Å². The van der Waals surface area contributed by atoms with Gasteiger partial charge in [0.05, 0.1) is 5.52 Å². The van der Waals surface area contributed by atoms with Crippen LogP contribution in [0.1, 0.15) is 45.7 Å². The van der Waals surface area contributed by atoms with Gasteiger partial charge in [-0.25, -0.2) is 4.98 Å². The van der Waals surface area contributed by atoms with E-state index in [1.807, 2.05) is 22.9 Å². The van der Waals surface area contributed by atoms with E-state index in [9.17, 15) is 4.79 Å². The predicted octanol–water partition coefficient (Wildman–Crippen LogP) is 3.42. The van der Waals surface area contributed by atoms with E-state index in [1.165, 1.54) is 0 Å². The lowest BCUT2D eigenvalue weighted by molar-refractivity contribution is -0.123. The molecule has 3 N–H and O–H groups in total. The molecule has 0 aliphatic heterocycles. The number of nitrogens with zero attached hydrogens (tertiary/aromatic N) is 3. The second-order valence-electron chi connectivity index (χ2n) is 8.23. The lowest BCUT2D eigenvalue weighted by Crippen LogP contribution is -2.46. The van der Waals surface area contributed by atoms with Crippen molar-refractivity contribution in [3.8, 4) is 0 Å². The van der Waals surface area contributed by atoms with E-state index in [2.05, 4.69) is 37.1 Å². The summed E-state index contributed by atoms with van der Waals surface area (Å²) in [5.41, 5.74) is 8.61. The van der Waals surface area contributed by atoms with E-state index in [4.69, 9.17) is 10.8 Å². The number of pyridine rings is 1. The summed E-state index contributed by atoms with van der Waals surface area (Å²) in [7, 11) is 0. The van der Waals surface area contributed by atoms with Crippen LogP contribution in [-0.4, -0.2) is 26.2 Å². The third-order valence-corrected chi connectivity index (χ3v) is 5.17. The number of nitrogens with one attached hydrogen (secondary N) is 1. The number of aromatic nitrogens is 3. The number of anilines is 1. The molecule has 1 aliphatic rings. The summed E-state index contributed by atoms with van der Waals surface area (Å²) in [5.74, 6) is 0.818. The molecule has 2 heterocycles. The average Bonchev–Trinajstić information content (AvgIpc) is 3.40. The first kappa shape index (κ1) is 17.8. The first-order valence-corrected chi connectivity index (χ1v) is 9.75. The molecule has 1 saturated carbocycles. The molecule has 0 saturated heterocycles. The van der Waals surface area contributed by atoms with Crippen LogP contribution in [0.2, 0.25) is 0 Å². The van der Waals surface area contributed by atoms with Crippen LogP contribution in [-0.2, 0) is 17.8 Å². The van der Waals surface area contributed by atoms with Gasteiger partial charge in [-0.15, -0.1) is 0 Å². The fourth-order valence-electron chi connectivity index (χ4n) is 3.74. The van der Waals surface area contributed by atoms with E-state index in [-0.39, 0.29) is 17.4 Å². The monoisotopic (exact) mass is 365 g/mol. The zero-order chi connectivity index (χ0) is 19.2. The Labute approximate surface area is 159 Å². The highest BCUT2D eigenvalue weighted by Crippen LogP contribution is 2.33. The Balaban J connectivity index is 1.84. The van der Waals surface area contributed by atoms with Crippen LogP contribution in [0.25, 0.3) is 21.8 Å². The summed E-state index contributed by atoms with van der Waals surface area (Å²) in [6, 6.07) is 8.03. The maximum Gasteiger partial charge on any atom is 0.223 e. The van der Waals surface area contributed by atoms with Crippen LogP contribution in [0.4, 0.5) is 5.82 Å². The molecule has 1 aromatic carbocycles. The molecule has 142 valence electrons. The fourth-order valence-corrected chi connectivity index (χ4v) is 3.74. The van der Waals surface area contributed by atoms with Crippen molar-refractivity contribution in [2.24, 2.45) is 5.92 Å². The molecule has 4 rings (SSSR count). The smallest absolute Gasteiger partial charge is 0.223 e. The number of carbonyl (C=O) groups excluding carboxylic acids is 1. The average molecular weight is 365 g/mol. The molecule has 6 heteroatoms. The molecule has 0 spiro atoms. The van der Waals surface area contributed by atoms with E-state index >= 15 is 0 Å². The number of nitrogen functional groups attached to an aromatic ring is 1. The Morgan fingerprint density at radius 1 is 1.33 bits per heavy atom. The quantitative estimate of drug-likeness (QED) is 0.701. The number of amides is 1. The Morgan fingerprint density at radius 3 is 2.78 bits per heavy atom. The molecule has 1 aliphatic carbocycles. The molecule has 3 aromatic rings. The van der Waals surface area contributed by atoms with Gasteiger partial charge in [-0.2, -0.15) is 5.10 Å². The number of aryl methyl sites for hydroxylation is 1. The topological polar surface area (TPSA) is 85.8 Å². The van der Waals surface area contributed by atoms with Gasteiger partial charge < -0.3 is 11.1 Å². The van der Waals surface area contributed by atoms with Gasteiger partial charge in [-0.1, -0.05) is 25.1 Å². The highest BCUT2D eigenvalue weighted by molar-refractivity contribution is 6.09. The zero-order valence-corrected chi connectivity index (χ0v) is 16.2. The van der Waals surface area contributed by atoms with E-state index in [1.54, 1.807) is 0 Å². The molecule has 6 nitrogen and oxygen atoms in total. The molecule has 27 heavy (non-hydrogen) atoms. The molecule has 0 bridgehead atoms. The Bertz CT molecular complexity index is 1020. The van der Waals surface area contributed by atoms with E-state index in [0.29, 0.717) is 12.2 Å². The molecule has 1 fully saturated rings. The number of nitrogens with two attached hydrogens (primary N) is 1. The molecular formula is C21H27N5O. The maximum atomic E-state index is 12.3. The van der Waals surface area contributed by atoms with Crippen molar-refractivity contribution in [2.75, 3.05) is 5.73 Å². The van der Waals surface area contributed by atoms with Crippen LogP contribution >= 0.6 is 0 Å². The van der Waals surface area contributed by atoms with Crippen molar-refractivity contribution in [3.05, 3.63) is 30.0 Å². The van der Waals surface area contributed by atoms with Crippen molar-refractivity contribution in [1.29, 1.82) is 0 Å². The highest BCUT2D eigenvalue weighted by atomic mass is 16.2. The van der Waals surface area contributed by atoms with Crippen molar-refractivity contribution >= 4 is 33.5 Å². The highest BCUT2D eigenvalue weighted by Gasteiger charge is 2.34. The van der Waals surface area contributed by atoms with Gasteiger partial charge in [-0.05, 0) is 39.2 Å². The first-order chi connectivity index (χ1) is 12.9. The number of fused-ring (bicyclic) bond motifs is 3. The summed E-state index contributed by atoms with van der Waals surface area (Å²) in [6.07, 6.45) is 3.67. The number of hydrogen-bond acceptors (Lipinski definition) is 4. The van der Waals surface area contributed by atoms with Gasteiger partial charge in [0.2, 0.25) is 5.91 Å². The van der Waals surface area contributed by atoms with Crippen molar-refractivity contribution in [3.63, 3.8) is 0 Å². The van der Waals surface area contributed by atoms with Crippen LogP contribution < -0.4 is 11.1 Å². The van der Waals surface area contributed by atoms with Crippen molar-refractivity contribution in [2.45, 2.75) is 58.5 Å². The largest absolute Gasteiger partial charge is 0.382 e. The Morgan fingerprint density at radius 2 is 2.07 bits per heavy atom. The van der Waals surface area contributed by atoms with Gasteiger partial charge >= 0.3 is 0 Å². The third kappa shape index (κ3) is 3.36. The van der Waals surface area contributed by atoms with Gasteiger partial charge in [-0.3, -0.25) is 9.48 Å². The molecule has 0 radical (unpaired) electrons. The number of rotatable bonds is 6. The summed E-state index contributed by atoms with van der Waals surface area (Å²) < 4.78 is 2.04. The lowest BCUT2D eigenvalue weighted by atomic mass is 9.95. The number of carbonyl (C=O) groups is 1. The Hall–Kier alpha value is -2.63. The van der Waals surface area contributed by atoms with Crippen molar-refractivity contribution in [1.82, 2.24) is 20.1 Å². The molecule has 2 aromatic heterocycles. The van der Waals surface area contributed by atoms with E-state index < -0.39 is 0 Å². The standard InChI is InChI=1S/C21H27N5O/c1-4-11-26-16(12-21(2,3)24-20(27)13-9-10-13)17-14-7-5-6-8-15(14)23-19(22)18(17)25-26/h5-8,13H,4,9-12H2,1-3H3,(H2,22,23)(H,24,27). The molecule has 0 atom stereocenters. The predicted molar refractivity (Wildman–Crippen MR) is 108 cm³/mol. The third-order valence-electron chi connectivity index (χ3n) is 5.17. The van der Waals surface area contributed by atoms with Crippen LogP contribution in [0.5, 0.6) is 0 Å². The lowest BCUT2D eigenvalue weighted by Gasteiger charge is -2.27.